The second kappa shape index (κ2) is 9.11. The third kappa shape index (κ3) is 5.15. The van der Waals surface area contributed by atoms with Crippen molar-refractivity contribution in [3.63, 3.8) is 0 Å². The zero-order valence-corrected chi connectivity index (χ0v) is 16.0. The molecule has 0 saturated heterocycles. The van der Waals surface area contributed by atoms with Gasteiger partial charge >= 0.3 is 0 Å². The van der Waals surface area contributed by atoms with Crippen LogP contribution in [0.4, 0.5) is 0 Å². The van der Waals surface area contributed by atoms with E-state index in [2.05, 4.69) is 0 Å². The fourth-order valence-corrected chi connectivity index (χ4v) is 2.84. The second-order valence-electron chi connectivity index (χ2n) is 6.07. The van der Waals surface area contributed by atoms with Crippen molar-refractivity contribution >= 4 is 23.5 Å². The van der Waals surface area contributed by atoms with Crippen LogP contribution in [-0.2, 0) is 6.61 Å². The minimum Gasteiger partial charge on any atom is -0.508 e. The maximum absolute atomic E-state index is 12.3. The lowest BCUT2D eigenvalue weighted by Crippen LogP contribution is -1.99. The Hall–Kier alpha value is -3.24. The molecule has 5 heteroatoms. The van der Waals surface area contributed by atoms with Gasteiger partial charge < -0.3 is 14.6 Å². The summed E-state index contributed by atoms with van der Waals surface area (Å²) in [5.41, 5.74) is 2.10. The molecule has 0 aliphatic heterocycles. The highest BCUT2D eigenvalue weighted by atomic mass is 35.5. The average molecular weight is 395 g/mol. The number of carbonyl (C=O) groups excluding carboxylic acids is 1. The molecule has 1 N–H and O–H groups in total. The molecule has 28 heavy (non-hydrogen) atoms. The molecule has 3 aromatic rings. The number of ether oxygens (including phenoxy) is 2. The molecule has 0 bridgehead atoms. The van der Waals surface area contributed by atoms with Gasteiger partial charge in [-0.25, -0.2) is 0 Å². The number of carbonyl (C=O) groups is 1. The zero-order chi connectivity index (χ0) is 19.9. The number of phenolic OH excluding ortho intramolecular Hbond substituents is 1. The number of phenols is 1. The minimum atomic E-state index is -0.191. The molecule has 0 fully saturated rings. The van der Waals surface area contributed by atoms with Gasteiger partial charge in [-0.05, 0) is 54.1 Å². The summed E-state index contributed by atoms with van der Waals surface area (Å²) in [5, 5.41) is 10.1. The van der Waals surface area contributed by atoms with Crippen molar-refractivity contribution in [2.45, 2.75) is 6.61 Å². The summed E-state index contributed by atoms with van der Waals surface area (Å²) < 4.78 is 11.2. The molecule has 0 aliphatic carbocycles. The van der Waals surface area contributed by atoms with Gasteiger partial charge in [0.25, 0.3) is 0 Å². The molecule has 3 aromatic carbocycles. The van der Waals surface area contributed by atoms with E-state index in [9.17, 15) is 9.90 Å². The van der Waals surface area contributed by atoms with Crippen LogP contribution in [0.2, 0.25) is 5.02 Å². The highest BCUT2D eigenvalue weighted by Gasteiger charge is 2.07. The quantitative estimate of drug-likeness (QED) is 0.423. The first-order valence-corrected chi connectivity index (χ1v) is 8.99. The zero-order valence-electron chi connectivity index (χ0n) is 15.3. The van der Waals surface area contributed by atoms with E-state index in [0.29, 0.717) is 28.7 Å². The molecule has 0 spiro atoms. The van der Waals surface area contributed by atoms with E-state index in [1.165, 1.54) is 18.2 Å². The molecule has 0 aromatic heterocycles. The van der Waals surface area contributed by atoms with Crippen LogP contribution < -0.4 is 9.47 Å². The third-order valence-electron chi connectivity index (χ3n) is 4.05. The molecule has 0 saturated carbocycles. The minimum absolute atomic E-state index is 0.0594. The Kier molecular flexibility index (Phi) is 6.35. The maximum Gasteiger partial charge on any atom is 0.185 e. The SMILES string of the molecule is COc1ccc(/C=C/C(=O)c2cccc(O)c2)cc1COc1cccc(Cl)c1. The molecular weight excluding hydrogens is 376 g/mol. The highest BCUT2D eigenvalue weighted by Crippen LogP contribution is 2.24. The Balaban J connectivity index is 1.75. The fourth-order valence-electron chi connectivity index (χ4n) is 2.66. The van der Waals surface area contributed by atoms with Gasteiger partial charge in [0.15, 0.2) is 5.78 Å². The number of hydrogen-bond acceptors (Lipinski definition) is 4. The average Bonchev–Trinajstić information content (AvgIpc) is 2.70. The first-order valence-electron chi connectivity index (χ1n) is 8.62. The molecule has 4 nitrogen and oxygen atoms in total. The smallest absolute Gasteiger partial charge is 0.185 e. The summed E-state index contributed by atoms with van der Waals surface area (Å²) in [4.78, 5) is 12.3. The van der Waals surface area contributed by atoms with Crippen LogP contribution >= 0.6 is 11.6 Å². The Morgan fingerprint density at radius 3 is 2.64 bits per heavy atom. The van der Waals surface area contributed by atoms with Crippen molar-refractivity contribution in [3.05, 3.63) is 94.5 Å². The van der Waals surface area contributed by atoms with Crippen molar-refractivity contribution in [2.24, 2.45) is 0 Å². The molecule has 0 heterocycles. The Morgan fingerprint density at radius 1 is 1.07 bits per heavy atom. The topological polar surface area (TPSA) is 55.8 Å². The van der Waals surface area contributed by atoms with E-state index in [1.54, 1.807) is 37.5 Å². The van der Waals surface area contributed by atoms with Gasteiger partial charge in [-0.2, -0.15) is 0 Å². The molecule has 0 radical (unpaired) electrons. The number of allylic oxidation sites excluding steroid dienone is 1. The van der Waals surface area contributed by atoms with E-state index in [1.807, 2.05) is 30.3 Å². The van der Waals surface area contributed by atoms with Gasteiger partial charge in [0.2, 0.25) is 0 Å². The van der Waals surface area contributed by atoms with Gasteiger partial charge in [-0.3, -0.25) is 4.79 Å². The van der Waals surface area contributed by atoms with Gasteiger partial charge in [-0.1, -0.05) is 41.9 Å². The van der Waals surface area contributed by atoms with Crippen molar-refractivity contribution in [2.75, 3.05) is 7.11 Å². The van der Waals surface area contributed by atoms with Gasteiger partial charge in [0, 0.05) is 16.1 Å². The number of methoxy groups -OCH3 is 1. The highest BCUT2D eigenvalue weighted by molar-refractivity contribution is 6.30. The van der Waals surface area contributed by atoms with Crippen LogP contribution in [0.3, 0.4) is 0 Å². The predicted molar refractivity (Wildman–Crippen MR) is 110 cm³/mol. The molecular formula is C23H19ClO4. The van der Waals surface area contributed by atoms with Crippen LogP contribution in [0.15, 0.2) is 72.8 Å². The number of rotatable bonds is 7. The summed E-state index contributed by atoms with van der Waals surface area (Å²) >= 11 is 5.98. The first kappa shape index (κ1) is 19.5. The normalized spacial score (nSPS) is 10.8. The van der Waals surface area contributed by atoms with Crippen molar-refractivity contribution < 1.29 is 19.4 Å². The lowest BCUT2D eigenvalue weighted by molar-refractivity contribution is 0.104. The van der Waals surface area contributed by atoms with E-state index >= 15 is 0 Å². The van der Waals surface area contributed by atoms with Crippen molar-refractivity contribution in [1.82, 2.24) is 0 Å². The first-order chi connectivity index (χ1) is 13.5. The van der Waals surface area contributed by atoms with Crippen LogP contribution in [0.25, 0.3) is 6.08 Å². The van der Waals surface area contributed by atoms with Crippen LogP contribution in [-0.4, -0.2) is 18.0 Å². The van der Waals surface area contributed by atoms with E-state index in [-0.39, 0.29) is 11.5 Å². The number of halogens is 1. The summed E-state index contributed by atoms with van der Waals surface area (Å²) in [5.74, 6) is 1.22. The summed E-state index contributed by atoms with van der Waals surface area (Å²) in [7, 11) is 1.60. The lowest BCUT2D eigenvalue weighted by atomic mass is 10.1. The van der Waals surface area contributed by atoms with Crippen LogP contribution in [0.5, 0.6) is 17.2 Å². The molecule has 0 atom stereocenters. The second-order valence-corrected chi connectivity index (χ2v) is 6.50. The number of hydrogen-bond donors (Lipinski definition) is 1. The third-order valence-corrected chi connectivity index (χ3v) is 4.29. The Labute approximate surface area is 168 Å². The maximum atomic E-state index is 12.3. The van der Waals surface area contributed by atoms with Crippen molar-refractivity contribution in [1.29, 1.82) is 0 Å². The largest absolute Gasteiger partial charge is 0.508 e. The summed E-state index contributed by atoms with van der Waals surface area (Å²) in [6.07, 6.45) is 3.19. The molecule has 3 rings (SSSR count). The van der Waals surface area contributed by atoms with Gasteiger partial charge in [0.1, 0.15) is 23.9 Å². The number of benzene rings is 3. The lowest BCUT2D eigenvalue weighted by Gasteiger charge is -2.11. The molecule has 0 amide bonds. The number of ketones is 1. The van der Waals surface area contributed by atoms with E-state index in [0.717, 1.165) is 11.1 Å². The Bertz CT molecular complexity index is 1010. The summed E-state index contributed by atoms with van der Waals surface area (Å²) in [6, 6.07) is 19.0. The van der Waals surface area contributed by atoms with Gasteiger partial charge in [0.05, 0.1) is 7.11 Å². The fraction of sp³-hybridized carbons (Fsp3) is 0.0870. The predicted octanol–water partition coefficient (Wildman–Crippen LogP) is 5.53. The molecule has 0 aliphatic rings. The Morgan fingerprint density at radius 2 is 1.89 bits per heavy atom. The number of aromatic hydroxyl groups is 1. The van der Waals surface area contributed by atoms with E-state index in [4.69, 9.17) is 21.1 Å². The summed E-state index contributed by atoms with van der Waals surface area (Å²) in [6.45, 7) is 0.297. The van der Waals surface area contributed by atoms with Crippen molar-refractivity contribution in [3.8, 4) is 17.2 Å². The van der Waals surface area contributed by atoms with Gasteiger partial charge in [-0.15, -0.1) is 0 Å². The molecule has 0 unspecified atom stereocenters. The van der Waals surface area contributed by atoms with Crippen LogP contribution in [0.1, 0.15) is 21.5 Å². The molecule has 142 valence electrons. The standard InChI is InChI=1S/C23H19ClO4/c1-27-23-11-9-16(8-10-22(26)17-4-2-6-20(25)13-17)12-18(23)15-28-21-7-3-5-19(24)14-21/h2-14,25H,15H2,1H3/b10-8+. The monoisotopic (exact) mass is 394 g/mol. The van der Waals surface area contributed by atoms with Crippen LogP contribution in [0, 0.1) is 0 Å². The van der Waals surface area contributed by atoms with E-state index < -0.39 is 0 Å².